The van der Waals surface area contributed by atoms with Gasteiger partial charge in [-0.1, -0.05) is 13.0 Å². The molecular weight excluding hydrogens is 170 g/mol. The molecule has 0 radical (unpaired) electrons. The maximum Gasteiger partial charge on any atom is 0.186 e. The summed E-state index contributed by atoms with van der Waals surface area (Å²) in [5.74, 6) is 0.193. The van der Waals surface area contributed by atoms with Crippen LogP contribution in [0.4, 0.5) is 0 Å². The minimum absolute atomic E-state index is 0.193. The third-order valence-corrected chi connectivity index (χ3v) is 2.42. The van der Waals surface area contributed by atoms with Crippen LogP contribution in [0, 0.1) is 0 Å². The first-order chi connectivity index (χ1) is 5.84. The van der Waals surface area contributed by atoms with Gasteiger partial charge in [0.2, 0.25) is 0 Å². The van der Waals surface area contributed by atoms with Gasteiger partial charge in [0.1, 0.15) is 0 Å². The highest BCUT2D eigenvalue weighted by Gasteiger charge is 2.04. The van der Waals surface area contributed by atoms with Crippen molar-refractivity contribution >= 4 is 17.1 Å². The Morgan fingerprint density at radius 3 is 3.08 bits per heavy atom. The standard InChI is InChI=1S/C9H13NOS/c1-2-5-10-7-8(11)9-4-3-6-12-9/h3-4,6,10H,2,5,7H2,1H3. The van der Waals surface area contributed by atoms with Gasteiger partial charge in [-0.2, -0.15) is 0 Å². The first kappa shape index (κ1) is 9.42. The molecule has 1 rings (SSSR count). The molecule has 2 nitrogen and oxygen atoms in total. The number of ketones is 1. The quantitative estimate of drug-likeness (QED) is 0.558. The molecule has 0 saturated carbocycles. The molecule has 0 amide bonds. The van der Waals surface area contributed by atoms with Crippen molar-refractivity contribution in [3.05, 3.63) is 22.4 Å². The summed E-state index contributed by atoms with van der Waals surface area (Å²) >= 11 is 1.50. The zero-order valence-electron chi connectivity index (χ0n) is 7.17. The lowest BCUT2D eigenvalue weighted by atomic mass is 10.3. The van der Waals surface area contributed by atoms with Crippen LogP contribution in [0.5, 0.6) is 0 Å². The highest BCUT2D eigenvalue weighted by molar-refractivity contribution is 7.12. The van der Waals surface area contributed by atoms with E-state index in [0.717, 1.165) is 17.8 Å². The van der Waals surface area contributed by atoms with Crippen LogP contribution in [-0.4, -0.2) is 18.9 Å². The molecule has 0 aliphatic carbocycles. The van der Waals surface area contributed by atoms with Crippen LogP contribution in [0.1, 0.15) is 23.0 Å². The minimum atomic E-state index is 0.193. The number of nitrogens with one attached hydrogen (secondary N) is 1. The van der Waals surface area contributed by atoms with Crippen LogP contribution < -0.4 is 5.32 Å². The molecule has 12 heavy (non-hydrogen) atoms. The smallest absolute Gasteiger partial charge is 0.186 e. The number of thiophene rings is 1. The van der Waals surface area contributed by atoms with E-state index in [9.17, 15) is 4.79 Å². The van der Waals surface area contributed by atoms with Gasteiger partial charge in [0.05, 0.1) is 11.4 Å². The van der Waals surface area contributed by atoms with E-state index < -0.39 is 0 Å². The summed E-state index contributed by atoms with van der Waals surface area (Å²) in [6.07, 6.45) is 1.07. The summed E-state index contributed by atoms with van der Waals surface area (Å²) in [5, 5.41) is 5.00. The van der Waals surface area contributed by atoms with E-state index >= 15 is 0 Å². The molecular formula is C9H13NOS. The molecule has 0 aliphatic heterocycles. The predicted octanol–water partition coefficient (Wildman–Crippen LogP) is 1.93. The third kappa shape index (κ3) is 2.75. The molecule has 1 aromatic rings. The summed E-state index contributed by atoms with van der Waals surface area (Å²) in [6.45, 7) is 3.47. The number of Topliss-reactive ketones (excluding diaryl/α,β-unsaturated/α-hetero) is 1. The van der Waals surface area contributed by atoms with E-state index in [-0.39, 0.29) is 5.78 Å². The Balaban J connectivity index is 2.30. The van der Waals surface area contributed by atoms with Gasteiger partial charge < -0.3 is 5.32 Å². The molecule has 0 aliphatic rings. The van der Waals surface area contributed by atoms with Crippen molar-refractivity contribution in [3.63, 3.8) is 0 Å². The fourth-order valence-corrected chi connectivity index (χ4v) is 1.57. The van der Waals surface area contributed by atoms with E-state index in [0.29, 0.717) is 6.54 Å². The lowest BCUT2D eigenvalue weighted by Crippen LogP contribution is -2.22. The van der Waals surface area contributed by atoms with E-state index in [1.54, 1.807) is 0 Å². The van der Waals surface area contributed by atoms with E-state index in [4.69, 9.17) is 0 Å². The van der Waals surface area contributed by atoms with Crippen molar-refractivity contribution in [2.45, 2.75) is 13.3 Å². The van der Waals surface area contributed by atoms with Crippen LogP contribution in [0.15, 0.2) is 17.5 Å². The summed E-state index contributed by atoms with van der Waals surface area (Å²) in [7, 11) is 0. The summed E-state index contributed by atoms with van der Waals surface area (Å²) < 4.78 is 0. The van der Waals surface area contributed by atoms with Gasteiger partial charge in [-0.05, 0) is 24.4 Å². The average molecular weight is 183 g/mol. The molecule has 1 N–H and O–H groups in total. The van der Waals surface area contributed by atoms with Gasteiger partial charge in [0, 0.05) is 0 Å². The Morgan fingerprint density at radius 1 is 1.67 bits per heavy atom. The zero-order chi connectivity index (χ0) is 8.81. The monoisotopic (exact) mass is 183 g/mol. The fraction of sp³-hybridized carbons (Fsp3) is 0.444. The Hall–Kier alpha value is -0.670. The van der Waals surface area contributed by atoms with Crippen molar-refractivity contribution in [1.29, 1.82) is 0 Å². The van der Waals surface area contributed by atoms with Crippen LogP contribution in [-0.2, 0) is 0 Å². The van der Waals surface area contributed by atoms with Crippen molar-refractivity contribution in [2.75, 3.05) is 13.1 Å². The van der Waals surface area contributed by atoms with Crippen LogP contribution in [0.2, 0.25) is 0 Å². The first-order valence-electron chi connectivity index (χ1n) is 4.12. The predicted molar refractivity (Wildman–Crippen MR) is 51.8 cm³/mol. The molecule has 0 spiro atoms. The van der Waals surface area contributed by atoms with Gasteiger partial charge in [-0.15, -0.1) is 11.3 Å². The second kappa shape index (κ2) is 5.06. The molecule has 0 fully saturated rings. The molecule has 66 valence electrons. The number of rotatable bonds is 5. The molecule has 0 bridgehead atoms. The Labute approximate surface area is 76.6 Å². The summed E-state index contributed by atoms with van der Waals surface area (Å²) in [4.78, 5) is 12.2. The maximum absolute atomic E-state index is 11.3. The lowest BCUT2D eigenvalue weighted by Gasteiger charge is -1.99. The summed E-state index contributed by atoms with van der Waals surface area (Å²) in [5.41, 5.74) is 0. The summed E-state index contributed by atoms with van der Waals surface area (Å²) in [6, 6.07) is 3.76. The van der Waals surface area contributed by atoms with Crippen LogP contribution >= 0.6 is 11.3 Å². The van der Waals surface area contributed by atoms with Crippen molar-refractivity contribution in [3.8, 4) is 0 Å². The zero-order valence-corrected chi connectivity index (χ0v) is 7.99. The normalized spacial score (nSPS) is 10.1. The largest absolute Gasteiger partial charge is 0.310 e. The Morgan fingerprint density at radius 2 is 2.50 bits per heavy atom. The van der Waals surface area contributed by atoms with E-state index in [1.165, 1.54) is 11.3 Å². The average Bonchev–Trinajstić information content (AvgIpc) is 2.56. The highest BCUT2D eigenvalue weighted by atomic mass is 32.1. The molecule has 1 heterocycles. The van der Waals surface area contributed by atoms with Gasteiger partial charge >= 0.3 is 0 Å². The Kier molecular flexibility index (Phi) is 3.97. The second-order valence-corrected chi connectivity index (χ2v) is 3.52. The number of carbonyl (C=O) groups excluding carboxylic acids is 1. The molecule has 0 atom stereocenters. The van der Waals surface area contributed by atoms with Crippen LogP contribution in [0.25, 0.3) is 0 Å². The van der Waals surface area contributed by atoms with Crippen molar-refractivity contribution in [1.82, 2.24) is 5.32 Å². The van der Waals surface area contributed by atoms with Crippen LogP contribution in [0.3, 0.4) is 0 Å². The molecule has 3 heteroatoms. The first-order valence-corrected chi connectivity index (χ1v) is 5.00. The third-order valence-electron chi connectivity index (χ3n) is 1.51. The van der Waals surface area contributed by atoms with E-state index in [2.05, 4.69) is 12.2 Å². The molecule has 0 saturated heterocycles. The molecule has 1 aromatic heterocycles. The number of hydrogen-bond donors (Lipinski definition) is 1. The van der Waals surface area contributed by atoms with Gasteiger partial charge in [-0.3, -0.25) is 4.79 Å². The maximum atomic E-state index is 11.3. The number of carbonyl (C=O) groups is 1. The molecule has 0 aromatic carbocycles. The Bertz CT molecular complexity index is 231. The molecule has 0 unspecified atom stereocenters. The van der Waals surface area contributed by atoms with Gasteiger partial charge in [0.15, 0.2) is 5.78 Å². The van der Waals surface area contributed by atoms with Crippen molar-refractivity contribution in [2.24, 2.45) is 0 Å². The minimum Gasteiger partial charge on any atom is -0.310 e. The van der Waals surface area contributed by atoms with E-state index in [1.807, 2.05) is 17.5 Å². The van der Waals surface area contributed by atoms with Crippen molar-refractivity contribution < 1.29 is 4.79 Å². The number of hydrogen-bond acceptors (Lipinski definition) is 3. The fourth-order valence-electron chi connectivity index (χ4n) is 0.903. The second-order valence-electron chi connectivity index (χ2n) is 2.58. The topological polar surface area (TPSA) is 29.1 Å². The van der Waals surface area contributed by atoms with Gasteiger partial charge in [0.25, 0.3) is 0 Å². The van der Waals surface area contributed by atoms with Gasteiger partial charge in [-0.25, -0.2) is 0 Å². The SMILES string of the molecule is CCCNCC(=O)c1cccs1. The highest BCUT2D eigenvalue weighted by Crippen LogP contribution is 2.08. The lowest BCUT2D eigenvalue weighted by molar-refractivity contribution is 0.0995.